The summed E-state index contributed by atoms with van der Waals surface area (Å²) in [5.41, 5.74) is 3.45. The van der Waals surface area contributed by atoms with E-state index in [0.717, 1.165) is 31.4 Å². The zero-order valence-corrected chi connectivity index (χ0v) is 9.98. The highest BCUT2D eigenvalue weighted by Gasteiger charge is 2.18. The van der Waals surface area contributed by atoms with Crippen LogP contribution in [0.1, 0.15) is 25.3 Å². The van der Waals surface area contributed by atoms with Gasteiger partial charge in [0.25, 0.3) is 0 Å². The molecule has 0 aromatic carbocycles. The molecular weight excluding hydrogens is 220 g/mol. The molecule has 17 heavy (non-hydrogen) atoms. The van der Waals surface area contributed by atoms with Crippen molar-refractivity contribution in [3.8, 4) is 5.88 Å². The Morgan fingerprint density at radius 3 is 3.12 bits per heavy atom. The van der Waals surface area contributed by atoms with Crippen molar-refractivity contribution >= 4 is 5.82 Å². The van der Waals surface area contributed by atoms with Crippen LogP contribution in [0.25, 0.3) is 0 Å². The highest BCUT2D eigenvalue weighted by atomic mass is 16.5. The second-order valence-corrected chi connectivity index (χ2v) is 3.95. The predicted molar refractivity (Wildman–Crippen MR) is 63.7 cm³/mol. The summed E-state index contributed by atoms with van der Waals surface area (Å²) in [6, 6.07) is 0. The number of hydrazine groups is 1. The van der Waals surface area contributed by atoms with Gasteiger partial charge in [-0.3, -0.25) is 0 Å². The summed E-state index contributed by atoms with van der Waals surface area (Å²) in [7, 11) is 0. The van der Waals surface area contributed by atoms with E-state index in [2.05, 4.69) is 15.4 Å². The standard InChI is InChI=1S/C11H18N4O2/c1-2-9-10(15-12)13-7-14-11(9)17-6-8-4-3-5-16-8/h7-8H,2-6,12H2,1H3,(H,13,14,15). The first-order valence-electron chi connectivity index (χ1n) is 5.90. The molecule has 6 nitrogen and oxygen atoms in total. The van der Waals surface area contributed by atoms with Gasteiger partial charge in [-0.05, 0) is 19.3 Å². The second-order valence-electron chi connectivity index (χ2n) is 3.95. The molecule has 3 N–H and O–H groups in total. The van der Waals surface area contributed by atoms with Crippen LogP contribution in [0, 0.1) is 0 Å². The number of anilines is 1. The largest absolute Gasteiger partial charge is 0.475 e. The number of rotatable bonds is 5. The Morgan fingerprint density at radius 2 is 2.47 bits per heavy atom. The molecule has 0 radical (unpaired) electrons. The molecule has 94 valence electrons. The van der Waals surface area contributed by atoms with Gasteiger partial charge in [0.05, 0.1) is 11.7 Å². The zero-order valence-electron chi connectivity index (χ0n) is 9.98. The van der Waals surface area contributed by atoms with Crippen LogP contribution in [0.4, 0.5) is 5.82 Å². The summed E-state index contributed by atoms with van der Waals surface area (Å²) in [5, 5.41) is 0. The summed E-state index contributed by atoms with van der Waals surface area (Å²) in [4.78, 5) is 8.18. The van der Waals surface area contributed by atoms with Crippen molar-refractivity contribution in [3.63, 3.8) is 0 Å². The van der Waals surface area contributed by atoms with E-state index in [1.807, 2.05) is 6.92 Å². The normalized spacial score (nSPS) is 19.3. The fourth-order valence-electron chi connectivity index (χ4n) is 1.91. The summed E-state index contributed by atoms with van der Waals surface area (Å²) < 4.78 is 11.2. The molecular formula is C11H18N4O2. The topological polar surface area (TPSA) is 82.3 Å². The molecule has 2 rings (SSSR count). The maximum Gasteiger partial charge on any atom is 0.221 e. The summed E-state index contributed by atoms with van der Waals surface area (Å²) in [6.45, 7) is 3.38. The molecule has 6 heteroatoms. The number of nitrogens with two attached hydrogens (primary N) is 1. The Kier molecular flexibility index (Phi) is 4.11. The van der Waals surface area contributed by atoms with Crippen molar-refractivity contribution in [3.05, 3.63) is 11.9 Å². The van der Waals surface area contributed by atoms with Crippen LogP contribution in [0.2, 0.25) is 0 Å². The molecule has 1 atom stereocenters. The van der Waals surface area contributed by atoms with Gasteiger partial charge in [0.1, 0.15) is 18.8 Å². The van der Waals surface area contributed by atoms with Crippen molar-refractivity contribution in [2.45, 2.75) is 32.3 Å². The third kappa shape index (κ3) is 2.83. The van der Waals surface area contributed by atoms with Gasteiger partial charge in [0, 0.05) is 6.61 Å². The summed E-state index contributed by atoms with van der Waals surface area (Å²) in [5.74, 6) is 6.60. The molecule has 0 bridgehead atoms. The molecule has 1 aromatic heterocycles. The average molecular weight is 238 g/mol. The monoisotopic (exact) mass is 238 g/mol. The number of ether oxygens (including phenoxy) is 2. The second kappa shape index (κ2) is 5.79. The molecule has 1 aliphatic rings. The quantitative estimate of drug-likeness (QED) is 0.585. The molecule has 1 aliphatic heterocycles. The van der Waals surface area contributed by atoms with E-state index in [1.54, 1.807) is 0 Å². The number of nitrogens with one attached hydrogen (secondary N) is 1. The van der Waals surface area contributed by atoms with Crippen molar-refractivity contribution in [2.24, 2.45) is 5.84 Å². The predicted octanol–water partition coefficient (Wildman–Crippen LogP) is 0.882. The van der Waals surface area contributed by atoms with E-state index in [4.69, 9.17) is 15.3 Å². The van der Waals surface area contributed by atoms with E-state index >= 15 is 0 Å². The number of hydrogen-bond donors (Lipinski definition) is 2. The minimum atomic E-state index is 0.184. The number of aromatic nitrogens is 2. The maximum atomic E-state index is 5.68. The molecule has 2 heterocycles. The van der Waals surface area contributed by atoms with Gasteiger partial charge < -0.3 is 14.9 Å². The van der Waals surface area contributed by atoms with Gasteiger partial charge in [0.2, 0.25) is 5.88 Å². The molecule has 1 saturated heterocycles. The molecule has 0 saturated carbocycles. The highest BCUT2D eigenvalue weighted by molar-refractivity contribution is 5.47. The SMILES string of the molecule is CCc1c(NN)ncnc1OCC1CCCO1. The lowest BCUT2D eigenvalue weighted by atomic mass is 10.2. The Hall–Kier alpha value is -1.40. The van der Waals surface area contributed by atoms with Gasteiger partial charge in [-0.2, -0.15) is 0 Å². The third-order valence-corrected chi connectivity index (χ3v) is 2.83. The van der Waals surface area contributed by atoms with E-state index in [0.29, 0.717) is 18.3 Å². The minimum Gasteiger partial charge on any atom is -0.475 e. The van der Waals surface area contributed by atoms with Gasteiger partial charge in [-0.25, -0.2) is 15.8 Å². The number of nitrogen functional groups attached to an aromatic ring is 1. The fourth-order valence-corrected chi connectivity index (χ4v) is 1.91. The first-order chi connectivity index (χ1) is 8.35. The lowest BCUT2D eigenvalue weighted by Crippen LogP contribution is -2.18. The summed E-state index contributed by atoms with van der Waals surface area (Å²) >= 11 is 0. The van der Waals surface area contributed by atoms with Crippen LogP contribution in [0.15, 0.2) is 6.33 Å². The molecule has 1 aromatic rings. The number of hydrogen-bond acceptors (Lipinski definition) is 6. The lowest BCUT2D eigenvalue weighted by Gasteiger charge is -2.14. The van der Waals surface area contributed by atoms with Crippen LogP contribution in [-0.4, -0.2) is 29.3 Å². The van der Waals surface area contributed by atoms with Crippen LogP contribution in [-0.2, 0) is 11.2 Å². The van der Waals surface area contributed by atoms with Crippen molar-refractivity contribution < 1.29 is 9.47 Å². The van der Waals surface area contributed by atoms with Crippen molar-refractivity contribution in [1.82, 2.24) is 9.97 Å². The van der Waals surface area contributed by atoms with E-state index in [1.165, 1.54) is 6.33 Å². The van der Waals surface area contributed by atoms with Crippen molar-refractivity contribution in [2.75, 3.05) is 18.6 Å². The molecule has 0 aliphatic carbocycles. The van der Waals surface area contributed by atoms with Crippen LogP contribution >= 0.6 is 0 Å². The summed E-state index contributed by atoms with van der Waals surface area (Å²) in [6.07, 6.45) is 4.55. The van der Waals surface area contributed by atoms with E-state index in [-0.39, 0.29) is 6.10 Å². The van der Waals surface area contributed by atoms with Gasteiger partial charge >= 0.3 is 0 Å². The Morgan fingerprint density at radius 1 is 1.59 bits per heavy atom. The molecule has 1 fully saturated rings. The first kappa shape index (κ1) is 12.1. The first-order valence-corrected chi connectivity index (χ1v) is 5.90. The van der Waals surface area contributed by atoms with Crippen molar-refractivity contribution in [1.29, 1.82) is 0 Å². The third-order valence-electron chi connectivity index (χ3n) is 2.83. The van der Waals surface area contributed by atoms with Crippen LogP contribution in [0.5, 0.6) is 5.88 Å². The Labute approximate surface area is 101 Å². The highest BCUT2D eigenvalue weighted by Crippen LogP contribution is 2.22. The van der Waals surface area contributed by atoms with Gasteiger partial charge in [0.15, 0.2) is 0 Å². The van der Waals surface area contributed by atoms with E-state index < -0.39 is 0 Å². The minimum absolute atomic E-state index is 0.184. The molecule has 1 unspecified atom stereocenters. The zero-order chi connectivity index (χ0) is 12.1. The van der Waals surface area contributed by atoms with Gasteiger partial charge in [-0.15, -0.1) is 0 Å². The van der Waals surface area contributed by atoms with Gasteiger partial charge in [-0.1, -0.05) is 6.92 Å². The smallest absolute Gasteiger partial charge is 0.221 e. The lowest BCUT2D eigenvalue weighted by molar-refractivity contribution is 0.0659. The maximum absolute atomic E-state index is 5.68. The molecule has 0 spiro atoms. The van der Waals surface area contributed by atoms with Crippen LogP contribution in [0.3, 0.4) is 0 Å². The number of nitrogens with zero attached hydrogens (tertiary/aromatic N) is 2. The van der Waals surface area contributed by atoms with Crippen LogP contribution < -0.4 is 16.0 Å². The molecule has 0 amide bonds. The average Bonchev–Trinajstić information content (AvgIpc) is 2.88. The van der Waals surface area contributed by atoms with E-state index in [9.17, 15) is 0 Å². The Balaban J connectivity index is 2.03. The fraction of sp³-hybridized carbons (Fsp3) is 0.636. The Bertz CT molecular complexity index is 366.